The highest BCUT2D eigenvalue weighted by atomic mass is 16.6. The largest absolute Gasteiger partial charge is 0.493 e. The van der Waals surface area contributed by atoms with Gasteiger partial charge in [0.2, 0.25) is 0 Å². The third-order valence-corrected chi connectivity index (χ3v) is 3.68. The highest BCUT2D eigenvalue weighted by molar-refractivity contribution is 5.75. The summed E-state index contributed by atoms with van der Waals surface area (Å²) in [6.07, 6.45) is 0. The Labute approximate surface area is 162 Å². The van der Waals surface area contributed by atoms with Crippen LogP contribution in [-0.4, -0.2) is 19.7 Å². The van der Waals surface area contributed by atoms with E-state index < -0.39 is 5.97 Å². The van der Waals surface area contributed by atoms with E-state index in [1.807, 2.05) is 36.4 Å². The van der Waals surface area contributed by atoms with Gasteiger partial charge in [0, 0.05) is 6.07 Å². The number of para-hydroxylation sites is 1. The zero-order valence-corrected chi connectivity index (χ0v) is 15.1. The van der Waals surface area contributed by atoms with Gasteiger partial charge in [-0.3, -0.25) is 0 Å². The van der Waals surface area contributed by atoms with Gasteiger partial charge in [-0.05, 0) is 48.5 Å². The summed E-state index contributed by atoms with van der Waals surface area (Å²) >= 11 is 0. The number of benzene rings is 3. The highest BCUT2D eigenvalue weighted by Gasteiger charge is 2.12. The van der Waals surface area contributed by atoms with E-state index in [-0.39, 0.29) is 12.4 Å². The third kappa shape index (κ3) is 5.02. The molecule has 0 saturated heterocycles. The molecular weight excluding hydrogens is 358 g/mol. The van der Waals surface area contributed by atoms with Crippen LogP contribution < -0.4 is 18.9 Å². The van der Waals surface area contributed by atoms with E-state index in [0.717, 1.165) is 5.75 Å². The second kappa shape index (κ2) is 9.10. The summed E-state index contributed by atoms with van der Waals surface area (Å²) < 4.78 is 21.5. The molecule has 0 saturated carbocycles. The maximum absolute atomic E-state index is 12.0. The van der Waals surface area contributed by atoms with E-state index in [4.69, 9.17) is 24.2 Å². The van der Waals surface area contributed by atoms with Crippen LogP contribution in [0.3, 0.4) is 0 Å². The lowest BCUT2D eigenvalue weighted by molar-refractivity contribution is -0.136. The molecule has 0 bridgehead atoms. The molecule has 0 aromatic heterocycles. The fourth-order valence-electron chi connectivity index (χ4n) is 2.34. The van der Waals surface area contributed by atoms with Gasteiger partial charge in [-0.15, -0.1) is 0 Å². The van der Waals surface area contributed by atoms with E-state index in [1.54, 1.807) is 24.3 Å². The van der Waals surface area contributed by atoms with E-state index in [2.05, 4.69) is 0 Å². The molecule has 0 spiro atoms. The Bertz CT molecular complexity index is 978. The Balaban J connectivity index is 1.54. The zero-order chi connectivity index (χ0) is 19.8. The predicted molar refractivity (Wildman–Crippen MR) is 102 cm³/mol. The van der Waals surface area contributed by atoms with Gasteiger partial charge in [-0.2, -0.15) is 5.26 Å². The molecule has 3 aromatic rings. The van der Waals surface area contributed by atoms with Gasteiger partial charge in [0.15, 0.2) is 18.1 Å². The summed E-state index contributed by atoms with van der Waals surface area (Å²) in [6, 6.07) is 22.8. The SMILES string of the molecule is COc1cc(C#N)ccc1OC(=O)COc1ccc(Oc2ccccc2)cc1. The van der Waals surface area contributed by atoms with Crippen molar-refractivity contribution in [3.05, 3.63) is 78.4 Å². The van der Waals surface area contributed by atoms with Crippen molar-refractivity contribution in [2.75, 3.05) is 13.7 Å². The number of nitriles is 1. The Morgan fingerprint density at radius 2 is 1.57 bits per heavy atom. The molecule has 6 heteroatoms. The summed E-state index contributed by atoms with van der Waals surface area (Å²) in [5, 5.41) is 8.90. The Morgan fingerprint density at radius 1 is 0.893 bits per heavy atom. The molecule has 0 aliphatic rings. The molecule has 0 aliphatic heterocycles. The van der Waals surface area contributed by atoms with Crippen LogP contribution in [-0.2, 0) is 4.79 Å². The second-order valence-electron chi connectivity index (χ2n) is 5.63. The first-order valence-electron chi connectivity index (χ1n) is 8.42. The number of carbonyl (C=O) groups excluding carboxylic acids is 1. The van der Waals surface area contributed by atoms with Crippen LogP contribution in [0.25, 0.3) is 0 Å². The highest BCUT2D eigenvalue weighted by Crippen LogP contribution is 2.28. The molecule has 0 radical (unpaired) electrons. The van der Waals surface area contributed by atoms with Crippen molar-refractivity contribution in [2.24, 2.45) is 0 Å². The fraction of sp³-hybridized carbons (Fsp3) is 0.0909. The van der Waals surface area contributed by atoms with Crippen LogP contribution in [0.4, 0.5) is 0 Å². The van der Waals surface area contributed by atoms with Crippen LogP contribution in [0.15, 0.2) is 72.8 Å². The average Bonchev–Trinajstić information content (AvgIpc) is 2.74. The quantitative estimate of drug-likeness (QED) is 0.451. The summed E-state index contributed by atoms with van der Waals surface area (Å²) in [5.74, 6) is 1.83. The minimum absolute atomic E-state index is 0.224. The first-order chi connectivity index (χ1) is 13.7. The number of hydrogen-bond donors (Lipinski definition) is 0. The zero-order valence-electron chi connectivity index (χ0n) is 15.1. The number of esters is 1. The Morgan fingerprint density at radius 3 is 2.25 bits per heavy atom. The molecule has 0 N–H and O–H groups in total. The van der Waals surface area contributed by atoms with Gasteiger partial charge in [0.25, 0.3) is 0 Å². The van der Waals surface area contributed by atoms with Crippen molar-refractivity contribution in [3.63, 3.8) is 0 Å². The van der Waals surface area contributed by atoms with Gasteiger partial charge in [-0.25, -0.2) is 4.79 Å². The Hall–Kier alpha value is -3.98. The van der Waals surface area contributed by atoms with Crippen molar-refractivity contribution < 1.29 is 23.7 Å². The molecule has 0 heterocycles. The van der Waals surface area contributed by atoms with Crippen LogP contribution in [0, 0.1) is 11.3 Å². The normalized spacial score (nSPS) is 9.86. The van der Waals surface area contributed by atoms with Gasteiger partial charge >= 0.3 is 5.97 Å². The van der Waals surface area contributed by atoms with Crippen molar-refractivity contribution in [1.29, 1.82) is 5.26 Å². The molecule has 3 rings (SSSR count). The van der Waals surface area contributed by atoms with E-state index in [9.17, 15) is 4.79 Å². The molecule has 3 aromatic carbocycles. The lowest BCUT2D eigenvalue weighted by Crippen LogP contribution is -2.18. The van der Waals surface area contributed by atoms with Crippen molar-refractivity contribution >= 4 is 5.97 Å². The van der Waals surface area contributed by atoms with Crippen molar-refractivity contribution in [1.82, 2.24) is 0 Å². The van der Waals surface area contributed by atoms with Crippen LogP contribution >= 0.6 is 0 Å². The van der Waals surface area contributed by atoms with Crippen LogP contribution in [0.2, 0.25) is 0 Å². The first-order valence-corrected chi connectivity index (χ1v) is 8.42. The summed E-state index contributed by atoms with van der Waals surface area (Å²) in [6.45, 7) is -0.276. The molecule has 140 valence electrons. The lowest BCUT2D eigenvalue weighted by atomic mass is 10.2. The summed E-state index contributed by atoms with van der Waals surface area (Å²) in [5.41, 5.74) is 0.408. The van der Waals surface area contributed by atoms with Crippen molar-refractivity contribution in [2.45, 2.75) is 0 Å². The number of ether oxygens (including phenoxy) is 4. The number of nitrogens with zero attached hydrogens (tertiary/aromatic N) is 1. The van der Waals surface area contributed by atoms with E-state index in [1.165, 1.54) is 25.3 Å². The molecule has 28 heavy (non-hydrogen) atoms. The number of rotatable bonds is 7. The lowest BCUT2D eigenvalue weighted by Gasteiger charge is -2.10. The standard InChI is InChI=1S/C22H17NO5/c1-25-21-13-16(14-23)7-12-20(21)28-22(24)15-26-17-8-10-19(11-9-17)27-18-5-3-2-4-6-18/h2-13H,15H2,1H3. The summed E-state index contributed by atoms with van der Waals surface area (Å²) in [7, 11) is 1.43. The Kier molecular flexibility index (Phi) is 6.11. The number of hydrogen-bond acceptors (Lipinski definition) is 6. The first kappa shape index (κ1) is 18.8. The number of carbonyl (C=O) groups is 1. The fourth-order valence-corrected chi connectivity index (χ4v) is 2.34. The second-order valence-corrected chi connectivity index (χ2v) is 5.63. The number of methoxy groups -OCH3 is 1. The average molecular weight is 375 g/mol. The van der Waals surface area contributed by atoms with E-state index in [0.29, 0.717) is 22.8 Å². The monoisotopic (exact) mass is 375 g/mol. The molecule has 6 nitrogen and oxygen atoms in total. The maximum Gasteiger partial charge on any atom is 0.349 e. The third-order valence-electron chi connectivity index (χ3n) is 3.68. The predicted octanol–water partition coefficient (Wildman–Crippen LogP) is 4.34. The molecular formula is C22H17NO5. The smallest absolute Gasteiger partial charge is 0.349 e. The minimum Gasteiger partial charge on any atom is -0.493 e. The molecule has 0 unspecified atom stereocenters. The molecule has 0 fully saturated rings. The van der Waals surface area contributed by atoms with Gasteiger partial charge in [0.1, 0.15) is 17.2 Å². The minimum atomic E-state index is -0.590. The van der Waals surface area contributed by atoms with Crippen molar-refractivity contribution in [3.8, 4) is 34.8 Å². The summed E-state index contributed by atoms with van der Waals surface area (Å²) in [4.78, 5) is 12.0. The molecule has 0 atom stereocenters. The molecule has 0 amide bonds. The van der Waals surface area contributed by atoms with E-state index >= 15 is 0 Å². The van der Waals surface area contributed by atoms with Gasteiger partial charge in [-0.1, -0.05) is 18.2 Å². The van der Waals surface area contributed by atoms with Gasteiger partial charge in [0.05, 0.1) is 18.7 Å². The maximum atomic E-state index is 12.0. The van der Waals surface area contributed by atoms with Crippen LogP contribution in [0.1, 0.15) is 5.56 Å². The molecule has 0 aliphatic carbocycles. The topological polar surface area (TPSA) is 77.8 Å². The van der Waals surface area contributed by atoms with Crippen LogP contribution in [0.5, 0.6) is 28.7 Å². The van der Waals surface area contributed by atoms with Gasteiger partial charge < -0.3 is 18.9 Å².